The minimum absolute atomic E-state index is 0.00346. The second-order valence-corrected chi connectivity index (χ2v) is 8.06. The van der Waals surface area contributed by atoms with Crippen molar-refractivity contribution in [2.45, 2.75) is 50.9 Å². The van der Waals surface area contributed by atoms with Gasteiger partial charge in [-0.05, 0) is 44.1 Å². The number of carbonyl (C=O) groups excluding carboxylic acids is 3. The average Bonchev–Trinajstić information content (AvgIpc) is 3.44. The van der Waals surface area contributed by atoms with Crippen LogP contribution in [0.15, 0.2) is 0 Å². The number of hydrogen-bond acceptors (Lipinski definition) is 8. The number of nitrogens with zero attached hydrogens (tertiary/aromatic N) is 2. The summed E-state index contributed by atoms with van der Waals surface area (Å²) in [5, 5.41) is 2.86. The molecule has 5 N–H and O–H groups in total. The minimum Gasteiger partial charge on any atom is -0.395 e. The summed E-state index contributed by atoms with van der Waals surface area (Å²) in [5.41, 5.74) is 11.0. The van der Waals surface area contributed by atoms with Crippen molar-refractivity contribution in [3.8, 4) is 0 Å². The van der Waals surface area contributed by atoms with Crippen LogP contribution in [0.1, 0.15) is 52.8 Å². The molecule has 29 heavy (non-hydrogen) atoms. The molecule has 3 amide bonds. The Morgan fingerprint density at radius 1 is 1.24 bits per heavy atom. The third kappa shape index (κ3) is 5.03. The minimum atomic E-state index is -0.800. The number of primary amides is 1. The van der Waals surface area contributed by atoms with E-state index in [0.29, 0.717) is 19.8 Å². The van der Waals surface area contributed by atoms with Gasteiger partial charge in [0.1, 0.15) is 10.9 Å². The lowest BCUT2D eigenvalue weighted by atomic mass is 10.1. The van der Waals surface area contributed by atoms with Gasteiger partial charge in [-0.25, -0.2) is 0 Å². The van der Waals surface area contributed by atoms with Crippen LogP contribution in [0, 0.1) is 0 Å². The van der Waals surface area contributed by atoms with Gasteiger partial charge in [-0.1, -0.05) is 0 Å². The Balaban J connectivity index is 1.74. The quantitative estimate of drug-likeness (QED) is 0.536. The first-order valence-corrected chi connectivity index (χ1v) is 10.5. The van der Waals surface area contributed by atoms with Gasteiger partial charge >= 0.3 is 0 Å². The van der Waals surface area contributed by atoms with Crippen LogP contribution in [-0.2, 0) is 14.3 Å². The molecule has 0 saturated carbocycles. The smallest absolute Gasteiger partial charge is 0.270 e. The van der Waals surface area contributed by atoms with E-state index in [9.17, 15) is 14.4 Å². The third-order valence-corrected chi connectivity index (χ3v) is 6.07. The SMILES string of the molecule is CC(C(=O)NCC1CCCO1)N(CC1CCCO1)C(=O)c1snc(C(N)=O)c1N. The highest BCUT2D eigenvalue weighted by molar-refractivity contribution is 7.09. The first-order chi connectivity index (χ1) is 13.9. The van der Waals surface area contributed by atoms with Crippen LogP contribution in [0.25, 0.3) is 0 Å². The van der Waals surface area contributed by atoms with Gasteiger partial charge in [-0.2, -0.15) is 4.37 Å². The lowest BCUT2D eigenvalue weighted by Crippen LogP contribution is -2.51. The number of nitrogens with one attached hydrogen (secondary N) is 1. The van der Waals surface area contributed by atoms with Gasteiger partial charge in [0.15, 0.2) is 5.69 Å². The fourth-order valence-corrected chi connectivity index (χ4v) is 4.25. The molecule has 11 heteroatoms. The molecule has 0 bridgehead atoms. The maximum Gasteiger partial charge on any atom is 0.270 e. The molecule has 1 aromatic rings. The zero-order chi connectivity index (χ0) is 21.0. The molecule has 10 nitrogen and oxygen atoms in total. The highest BCUT2D eigenvalue weighted by atomic mass is 32.1. The number of anilines is 1. The van der Waals surface area contributed by atoms with Gasteiger partial charge in [-0.3, -0.25) is 14.4 Å². The first-order valence-electron chi connectivity index (χ1n) is 9.75. The van der Waals surface area contributed by atoms with Gasteiger partial charge in [-0.15, -0.1) is 0 Å². The summed E-state index contributed by atoms with van der Waals surface area (Å²) in [6.07, 6.45) is 3.44. The summed E-state index contributed by atoms with van der Waals surface area (Å²) in [7, 11) is 0. The molecule has 3 unspecified atom stereocenters. The zero-order valence-corrected chi connectivity index (χ0v) is 17.2. The lowest BCUT2D eigenvalue weighted by Gasteiger charge is -2.30. The maximum absolute atomic E-state index is 13.2. The number of aromatic nitrogens is 1. The molecule has 3 atom stereocenters. The average molecular weight is 426 g/mol. The Hall–Kier alpha value is -2.24. The van der Waals surface area contributed by atoms with Crippen LogP contribution in [0.3, 0.4) is 0 Å². The summed E-state index contributed by atoms with van der Waals surface area (Å²) in [6.45, 7) is 3.63. The van der Waals surface area contributed by atoms with Crippen LogP contribution in [0.5, 0.6) is 0 Å². The first kappa shape index (κ1) is 21.5. The van der Waals surface area contributed by atoms with E-state index in [4.69, 9.17) is 20.9 Å². The summed E-state index contributed by atoms with van der Waals surface area (Å²) < 4.78 is 15.1. The Kier molecular flexibility index (Phi) is 7.04. The molecule has 2 fully saturated rings. The molecule has 0 spiro atoms. The molecule has 3 heterocycles. The summed E-state index contributed by atoms with van der Waals surface area (Å²) in [4.78, 5) is 38.9. The molecular formula is C18H27N5O5S. The number of hydrogen-bond donors (Lipinski definition) is 3. The van der Waals surface area contributed by atoms with E-state index < -0.39 is 17.9 Å². The van der Waals surface area contributed by atoms with Gasteiger partial charge in [0.05, 0.1) is 17.9 Å². The van der Waals surface area contributed by atoms with Gasteiger partial charge < -0.3 is 31.2 Å². The number of ether oxygens (including phenoxy) is 2. The van der Waals surface area contributed by atoms with Crippen LogP contribution in [0.2, 0.25) is 0 Å². The monoisotopic (exact) mass is 425 g/mol. The number of nitrogen functional groups attached to an aromatic ring is 1. The van der Waals surface area contributed by atoms with Crippen LogP contribution in [-0.4, -0.2) is 71.5 Å². The lowest BCUT2D eigenvalue weighted by molar-refractivity contribution is -0.126. The predicted octanol–water partition coefficient (Wildman–Crippen LogP) is 0.129. The second-order valence-electron chi connectivity index (χ2n) is 7.29. The molecule has 0 aliphatic carbocycles. The summed E-state index contributed by atoms with van der Waals surface area (Å²) in [6, 6.07) is -0.758. The Bertz CT molecular complexity index is 758. The van der Waals surface area contributed by atoms with E-state index in [1.165, 1.54) is 4.90 Å². The largest absolute Gasteiger partial charge is 0.395 e. The van der Waals surface area contributed by atoms with Crippen molar-refractivity contribution >= 4 is 34.9 Å². The van der Waals surface area contributed by atoms with E-state index in [0.717, 1.165) is 37.2 Å². The standard InChI is InChI=1S/C18H27N5O5S/c1-10(17(25)21-8-11-4-2-6-27-11)23(9-12-5-3-7-28-12)18(26)15-13(19)14(16(20)24)22-29-15/h10-12H,2-9,19H2,1H3,(H2,20,24)(H,21,25). The highest BCUT2D eigenvalue weighted by Gasteiger charge is 2.33. The van der Waals surface area contributed by atoms with Crippen molar-refractivity contribution in [1.29, 1.82) is 0 Å². The van der Waals surface area contributed by atoms with Crippen molar-refractivity contribution in [3.63, 3.8) is 0 Å². The summed E-state index contributed by atoms with van der Waals surface area (Å²) >= 11 is 0.802. The fourth-order valence-electron chi connectivity index (χ4n) is 3.49. The highest BCUT2D eigenvalue weighted by Crippen LogP contribution is 2.25. The topological polar surface area (TPSA) is 150 Å². The molecule has 2 saturated heterocycles. The predicted molar refractivity (Wildman–Crippen MR) is 107 cm³/mol. The van der Waals surface area contributed by atoms with Crippen molar-refractivity contribution in [2.24, 2.45) is 5.73 Å². The van der Waals surface area contributed by atoms with Crippen LogP contribution in [0.4, 0.5) is 5.69 Å². The van der Waals surface area contributed by atoms with Crippen molar-refractivity contribution in [2.75, 3.05) is 32.0 Å². The molecule has 0 radical (unpaired) electrons. The second kappa shape index (κ2) is 9.51. The van der Waals surface area contributed by atoms with Crippen molar-refractivity contribution in [1.82, 2.24) is 14.6 Å². The zero-order valence-electron chi connectivity index (χ0n) is 16.4. The van der Waals surface area contributed by atoms with Crippen molar-refractivity contribution in [3.05, 3.63) is 10.6 Å². The molecule has 160 valence electrons. The van der Waals surface area contributed by atoms with Crippen LogP contribution >= 0.6 is 11.5 Å². The maximum atomic E-state index is 13.2. The van der Waals surface area contributed by atoms with Crippen molar-refractivity contribution < 1.29 is 23.9 Å². The Morgan fingerprint density at radius 2 is 1.90 bits per heavy atom. The number of carbonyl (C=O) groups is 3. The number of nitrogens with two attached hydrogens (primary N) is 2. The van der Waals surface area contributed by atoms with Gasteiger partial charge in [0, 0.05) is 26.3 Å². The van der Waals surface area contributed by atoms with Gasteiger partial charge in [0.2, 0.25) is 5.91 Å². The van der Waals surface area contributed by atoms with E-state index >= 15 is 0 Å². The fraction of sp³-hybridized carbons (Fsp3) is 0.667. The number of rotatable bonds is 8. The molecule has 1 aromatic heterocycles. The molecule has 2 aliphatic rings. The Labute approximate surface area is 173 Å². The third-order valence-electron chi connectivity index (χ3n) is 5.22. The molecule has 0 aromatic carbocycles. The molecule has 2 aliphatic heterocycles. The summed E-state index contributed by atoms with van der Waals surface area (Å²) in [5.74, 6) is -1.56. The molecular weight excluding hydrogens is 398 g/mol. The van der Waals surface area contributed by atoms with Gasteiger partial charge in [0.25, 0.3) is 11.8 Å². The van der Waals surface area contributed by atoms with E-state index in [1.807, 2.05) is 0 Å². The molecule has 3 rings (SSSR count). The van der Waals surface area contributed by atoms with E-state index in [1.54, 1.807) is 6.92 Å². The Morgan fingerprint density at radius 3 is 2.45 bits per heavy atom. The van der Waals surface area contributed by atoms with Crippen LogP contribution < -0.4 is 16.8 Å². The van der Waals surface area contributed by atoms with E-state index in [2.05, 4.69) is 9.69 Å². The van der Waals surface area contributed by atoms with E-state index in [-0.39, 0.29) is 40.9 Å². The normalized spacial score (nSPS) is 22.4. The number of amides is 3.